The number of amides is 1. The summed E-state index contributed by atoms with van der Waals surface area (Å²) in [6, 6.07) is 7.70. The number of benzene rings is 1. The number of rotatable bonds is 4. The number of carbonyl (C=O) groups is 1. The lowest BCUT2D eigenvalue weighted by Gasteiger charge is -2.06. The molecule has 4 aromatic rings. The van der Waals surface area contributed by atoms with E-state index in [0.717, 1.165) is 28.0 Å². The maximum Gasteiger partial charge on any atom is 0.264 e. The minimum Gasteiger partial charge on any atom is -0.361 e. The Labute approximate surface area is 163 Å². The van der Waals surface area contributed by atoms with Crippen molar-refractivity contribution in [2.24, 2.45) is 0 Å². The van der Waals surface area contributed by atoms with E-state index in [0.29, 0.717) is 10.9 Å². The number of hydrogen-bond donors (Lipinski definition) is 3. The van der Waals surface area contributed by atoms with Gasteiger partial charge in [-0.3, -0.25) is 9.59 Å². The highest BCUT2D eigenvalue weighted by Gasteiger charge is 2.15. The number of anilines is 1. The summed E-state index contributed by atoms with van der Waals surface area (Å²) in [6.45, 7) is 1.13. The number of carbonyl (C=O) groups excluding carboxylic acids is 1. The average Bonchev–Trinajstić information content (AvgIpc) is 3.22. The predicted molar refractivity (Wildman–Crippen MR) is 108 cm³/mol. The van der Waals surface area contributed by atoms with Crippen molar-refractivity contribution in [2.75, 3.05) is 5.32 Å². The molecule has 0 saturated carbocycles. The molecule has 10 heteroatoms. The van der Waals surface area contributed by atoms with Gasteiger partial charge in [0.1, 0.15) is 4.83 Å². The largest absolute Gasteiger partial charge is 0.361 e. The van der Waals surface area contributed by atoms with Crippen LogP contribution < -0.4 is 20.8 Å². The molecule has 0 spiro atoms. The van der Waals surface area contributed by atoms with Crippen LogP contribution in [0.4, 0.5) is 5.69 Å². The fourth-order valence-corrected chi connectivity index (χ4v) is 4.70. The summed E-state index contributed by atoms with van der Waals surface area (Å²) in [5, 5.41) is 7.01. The second-order valence-electron chi connectivity index (χ2n) is 6.03. The first kappa shape index (κ1) is 18.1. The zero-order chi connectivity index (χ0) is 19.9. The van der Waals surface area contributed by atoms with Crippen LogP contribution in [0.5, 0.6) is 0 Å². The molecule has 0 saturated heterocycles. The van der Waals surface area contributed by atoms with Gasteiger partial charge in [0.15, 0.2) is 0 Å². The van der Waals surface area contributed by atoms with Gasteiger partial charge in [0, 0.05) is 41.2 Å². The molecule has 0 fully saturated rings. The van der Waals surface area contributed by atoms with Crippen LogP contribution in [-0.4, -0.2) is 24.3 Å². The zero-order valence-electron chi connectivity index (χ0n) is 14.5. The monoisotopic (exact) mass is 414 g/mol. The van der Waals surface area contributed by atoms with Crippen molar-refractivity contribution in [1.82, 2.24) is 14.7 Å². The van der Waals surface area contributed by atoms with E-state index in [4.69, 9.17) is 0 Å². The van der Waals surface area contributed by atoms with Gasteiger partial charge in [0.2, 0.25) is 5.91 Å². The van der Waals surface area contributed by atoms with Gasteiger partial charge in [-0.15, -0.1) is 11.3 Å². The number of nitrogens with one attached hydrogen (secondary N) is 3. The molecule has 3 heterocycles. The van der Waals surface area contributed by atoms with E-state index in [1.165, 1.54) is 23.5 Å². The van der Waals surface area contributed by atoms with Crippen molar-refractivity contribution in [3.05, 3.63) is 57.5 Å². The first-order valence-corrected chi connectivity index (χ1v) is 10.5. The van der Waals surface area contributed by atoms with Crippen molar-refractivity contribution in [3.8, 4) is 0 Å². The molecule has 0 aliphatic carbocycles. The number of aromatic nitrogens is 2. The summed E-state index contributed by atoms with van der Waals surface area (Å²) in [5.74, 6) is -0.660. The van der Waals surface area contributed by atoms with Gasteiger partial charge in [-0.2, -0.15) is 0 Å². The minimum absolute atomic E-state index is 0.0316. The number of nitrogens with zero attached hydrogens (tertiary/aromatic N) is 1. The van der Waals surface area contributed by atoms with Crippen LogP contribution >= 0.6 is 11.3 Å². The summed E-state index contributed by atoms with van der Waals surface area (Å²) in [4.78, 5) is 31.3. The van der Waals surface area contributed by atoms with E-state index < -0.39 is 15.9 Å². The van der Waals surface area contributed by atoms with Crippen LogP contribution in [0.3, 0.4) is 0 Å². The molecule has 1 aromatic carbocycles. The van der Waals surface area contributed by atoms with Crippen molar-refractivity contribution >= 4 is 60.3 Å². The van der Waals surface area contributed by atoms with Crippen molar-refractivity contribution < 1.29 is 13.2 Å². The summed E-state index contributed by atoms with van der Waals surface area (Å²) in [5.41, 5.74) is 1.10. The standard InChI is InChI=1S/C18H14N4O4S2/c1-10(23)22-28(25,26)12-4-2-11(3-5-12)20-8-14-16-13-6-7-19-18(13)27-9-15(16)21-17(14)24/h2-9,20H,1H3,(H,21,24)(H,22,23). The van der Waals surface area contributed by atoms with Crippen LogP contribution in [-0.2, 0) is 14.8 Å². The van der Waals surface area contributed by atoms with Crippen LogP contribution in [0.2, 0.25) is 0 Å². The van der Waals surface area contributed by atoms with Crippen LogP contribution in [0.15, 0.2) is 51.6 Å². The molecule has 0 radical (unpaired) electrons. The van der Waals surface area contributed by atoms with Crippen LogP contribution in [0.25, 0.3) is 27.3 Å². The number of aromatic amines is 1. The van der Waals surface area contributed by atoms with Crippen LogP contribution in [0.1, 0.15) is 6.92 Å². The number of H-pyrrole nitrogens is 1. The molecule has 3 aromatic heterocycles. The summed E-state index contributed by atoms with van der Waals surface area (Å²) in [6.07, 6.45) is 3.28. The molecule has 142 valence electrons. The molecule has 4 rings (SSSR count). The molecule has 8 nitrogen and oxygen atoms in total. The molecule has 0 aliphatic rings. The predicted octanol–water partition coefficient (Wildman–Crippen LogP) is 1.53. The second kappa shape index (κ2) is 6.73. The highest BCUT2D eigenvalue weighted by Crippen LogP contribution is 2.24. The van der Waals surface area contributed by atoms with Gasteiger partial charge >= 0.3 is 0 Å². The average molecular weight is 414 g/mol. The molecule has 3 N–H and O–H groups in total. The van der Waals surface area contributed by atoms with E-state index >= 15 is 0 Å². The third kappa shape index (κ3) is 3.23. The normalized spacial score (nSPS) is 12.5. The first-order chi connectivity index (χ1) is 13.3. The van der Waals surface area contributed by atoms with Gasteiger partial charge in [0.05, 0.1) is 15.6 Å². The Balaban J connectivity index is 1.70. The molecular formula is C18H14N4O4S2. The van der Waals surface area contributed by atoms with Crippen molar-refractivity contribution in [3.63, 3.8) is 0 Å². The fourth-order valence-electron chi connectivity index (χ4n) is 2.88. The van der Waals surface area contributed by atoms with Crippen molar-refractivity contribution in [2.45, 2.75) is 11.8 Å². The highest BCUT2D eigenvalue weighted by atomic mass is 32.2. The van der Waals surface area contributed by atoms with E-state index in [1.54, 1.807) is 24.5 Å². The lowest BCUT2D eigenvalue weighted by Crippen LogP contribution is -2.28. The van der Waals surface area contributed by atoms with E-state index in [-0.39, 0.29) is 10.5 Å². The molecular weight excluding hydrogens is 400 g/mol. The van der Waals surface area contributed by atoms with Gasteiger partial charge in [-0.25, -0.2) is 18.1 Å². The number of sulfonamides is 1. The molecule has 0 bridgehead atoms. The molecule has 0 aliphatic heterocycles. The highest BCUT2D eigenvalue weighted by molar-refractivity contribution is 7.90. The third-order valence-corrected chi connectivity index (χ3v) is 6.43. The Morgan fingerprint density at radius 1 is 1.21 bits per heavy atom. The van der Waals surface area contributed by atoms with E-state index in [1.807, 2.05) is 16.2 Å². The summed E-state index contributed by atoms with van der Waals surface area (Å²) in [7, 11) is -3.89. The molecule has 0 unspecified atom stereocenters. The Bertz CT molecular complexity index is 1420. The molecule has 0 atom stereocenters. The Hall–Kier alpha value is -3.24. The minimum atomic E-state index is -3.89. The first-order valence-electron chi connectivity index (χ1n) is 8.13. The maximum absolute atomic E-state index is 12.4. The lowest BCUT2D eigenvalue weighted by atomic mass is 10.2. The van der Waals surface area contributed by atoms with Gasteiger partial charge < -0.3 is 10.3 Å². The van der Waals surface area contributed by atoms with Gasteiger partial charge in [-0.1, -0.05) is 0 Å². The Morgan fingerprint density at radius 3 is 2.68 bits per heavy atom. The topological polar surface area (TPSA) is 121 Å². The Morgan fingerprint density at radius 2 is 1.96 bits per heavy atom. The fraction of sp³-hybridized carbons (Fsp3) is 0.0556. The second-order valence-corrected chi connectivity index (χ2v) is 8.57. The quantitative estimate of drug-likeness (QED) is 0.466. The lowest BCUT2D eigenvalue weighted by molar-refractivity contribution is -0.117. The van der Waals surface area contributed by atoms with Crippen molar-refractivity contribution in [1.29, 1.82) is 0 Å². The zero-order valence-corrected chi connectivity index (χ0v) is 16.1. The number of hydrogen-bond acceptors (Lipinski definition) is 7. The van der Waals surface area contributed by atoms with Gasteiger partial charge in [-0.05, 0) is 30.3 Å². The Kier molecular flexibility index (Phi) is 4.36. The smallest absolute Gasteiger partial charge is 0.264 e. The van der Waals surface area contributed by atoms with E-state index in [2.05, 4.69) is 15.3 Å². The SMILES string of the molecule is CC(=O)NS(=O)(=O)c1ccc(NC=c2c(=O)[nH]c3csc4nccc4c23)cc1. The summed E-state index contributed by atoms with van der Waals surface area (Å²) >= 11 is 1.46. The van der Waals surface area contributed by atoms with Gasteiger partial charge in [0.25, 0.3) is 15.6 Å². The molecule has 1 amide bonds. The molecule has 28 heavy (non-hydrogen) atoms. The number of fused-ring (bicyclic) bond motifs is 3. The van der Waals surface area contributed by atoms with E-state index in [9.17, 15) is 18.0 Å². The van der Waals surface area contributed by atoms with Crippen LogP contribution in [0, 0.1) is 0 Å². The maximum atomic E-state index is 12.4. The summed E-state index contributed by atoms with van der Waals surface area (Å²) < 4.78 is 25.9. The third-order valence-electron chi connectivity index (χ3n) is 4.08.